The van der Waals surface area contributed by atoms with E-state index in [-0.39, 0.29) is 12.0 Å². The predicted octanol–water partition coefficient (Wildman–Crippen LogP) is 2.42. The van der Waals surface area contributed by atoms with E-state index >= 15 is 0 Å². The fourth-order valence-electron chi connectivity index (χ4n) is 2.27. The van der Waals surface area contributed by atoms with Crippen molar-refractivity contribution in [2.45, 2.75) is 39.4 Å². The zero-order chi connectivity index (χ0) is 15.1. The normalized spacial score (nSPS) is 20.1. The summed E-state index contributed by atoms with van der Waals surface area (Å²) in [6, 6.07) is 3.79. The lowest BCUT2D eigenvalue weighted by atomic mass is 9.87. The van der Waals surface area contributed by atoms with Crippen LogP contribution in [0.5, 0.6) is 0 Å². The summed E-state index contributed by atoms with van der Waals surface area (Å²) >= 11 is 0. The second-order valence-corrected chi connectivity index (χ2v) is 5.69. The van der Waals surface area contributed by atoms with E-state index in [1.54, 1.807) is 13.8 Å². The molecule has 2 unspecified atom stereocenters. The number of nitrogens with one attached hydrogen (secondary N) is 1. The molecule has 1 aromatic carbocycles. The van der Waals surface area contributed by atoms with Gasteiger partial charge < -0.3 is 15.2 Å². The Labute approximate surface area is 119 Å². The maximum absolute atomic E-state index is 11.7. The Hall–Kier alpha value is -1.65. The first kappa shape index (κ1) is 14.8. The lowest BCUT2D eigenvalue weighted by Gasteiger charge is -2.25. The molecule has 1 aliphatic heterocycles. The molecule has 0 radical (unpaired) electrons. The molecule has 1 aliphatic rings. The van der Waals surface area contributed by atoms with Crippen molar-refractivity contribution < 1.29 is 14.6 Å². The average molecular weight is 275 g/mol. The molecule has 0 spiro atoms. The fraction of sp³-hybridized carbons (Fsp3) is 0.438. The molecule has 2 rings (SSSR count). The zero-order valence-corrected chi connectivity index (χ0v) is 12.4. The summed E-state index contributed by atoms with van der Waals surface area (Å²) in [6.45, 7) is 11.5. The first-order valence-corrected chi connectivity index (χ1v) is 6.66. The van der Waals surface area contributed by atoms with Gasteiger partial charge in [-0.3, -0.25) is 4.79 Å². The third kappa shape index (κ3) is 2.76. The number of epoxide rings is 1. The van der Waals surface area contributed by atoms with Gasteiger partial charge in [0.2, 0.25) is 0 Å². The second-order valence-electron chi connectivity index (χ2n) is 5.69. The quantitative estimate of drug-likeness (QED) is 0.655. The third-order valence-corrected chi connectivity index (χ3v) is 3.71. The van der Waals surface area contributed by atoms with E-state index in [0.29, 0.717) is 12.2 Å². The number of carbonyl (C=O) groups excluding carboxylic acids is 1. The molecule has 2 atom stereocenters. The first-order chi connectivity index (χ1) is 9.23. The van der Waals surface area contributed by atoms with Gasteiger partial charge in [-0.05, 0) is 50.5 Å². The van der Waals surface area contributed by atoms with Crippen LogP contribution in [0.1, 0.15) is 30.5 Å². The van der Waals surface area contributed by atoms with E-state index in [1.165, 1.54) is 0 Å². The first-order valence-electron chi connectivity index (χ1n) is 6.66. The second kappa shape index (κ2) is 5.04. The average Bonchev–Trinajstić information content (AvgIpc) is 3.17. The van der Waals surface area contributed by atoms with Crippen LogP contribution >= 0.6 is 0 Å². The number of amides is 1. The zero-order valence-electron chi connectivity index (χ0n) is 12.4. The van der Waals surface area contributed by atoms with E-state index in [9.17, 15) is 9.90 Å². The molecule has 1 fully saturated rings. The Morgan fingerprint density at radius 3 is 2.55 bits per heavy atom. The van der Waals surface area contributed by atoms with Crippen LogP contribution in [0.4, 0.5) is 5.69 Å². The molecule has 0 bridgehead atoms. The van der Waals surface area contributed by atoms with Gasteiger partial charge in [-0.15, -0.1) is 0 Å². The van der Waals surface area contributed by atoms with Crippen LogP contribution in [-0.4, -0.2) is 23.7 Å². The number of aryl methyl sites for hydroxylation is 2. The van der Waals surface area contributed by atoms with Crippen molar-refractivity contribution >= 4 is 11.6 Å². The van der Waals surface area contributed by atoms with Crippen LogP contribution < -0.4 is 5.32 Å². The van der Waals surface area contributed by atoms with Crippen molar-refractivity contribution in [2.24, 2.45) is 0 Å². The van der Waals surface area contributed by atoms with E-state index in [2.05, 4.69) is 11.9 Å². The van der Waals surface area contributed by atoms with Crippen molar-refractivity contribution in [3.63, 3.8) is 0 Å². The minimum absolute atomic E-state index is 0.142. The minimum Gasteiger partial charge on any atom is -0.383 e. The highest BCUT2D eigenvalue weighted by Crippen LogP contribution is 2.37. The molecule has 2 N–H and O–H groups in total. The van der Waals surface area contributed by atoms with Gasteiger partial charge in [0, 0.05) is 11.3 Å². The van der Waals surface area contributed by atoms with Gasteiger partial charge in [0.05, 0.1) is 6.61 Å². The Morgan fingerprint density at radius 2 is 2.05 bits per heavy atom. The Morgan fingerprint density at radius 1 is 1.45 bits per heavy atom. The van der Waals surface area contributed by atoms with E-state index in [1.807, 2.05) is 26.0 Å². The van der Waals surface area contributed by atoms with Crippen molar-refractivity contribution in [1.82, 2.24) is 0 Å². The maximum Gasteiger partial charge on any atom is 0.250 e. The maximum atomic E-state index is 11.7. The number of rotatable bonds is 4. The summed E-state index contributed by atoms with van der Waals surface area (Å²) in [5, 5.41) is 13.4. The van der Waals surface area contributed by atoms with Crippen LogP contribution in [0.25, 0.3) is 0 Å². The summed E-state index contributed by atoms with van der Waals surface area (Å²) in [7, 11) is 0. The number of anilines is 1. The molecule has 0 aromatic heterocycles. The van der Waals surface area contributed by atoms with Crippen LogP contribution in [0, 0.1) is 13.8 Å². The summed E-state index contributed by atoms with van der Waals surface area (Å²) in [6.07, 6.45) is -0.142. The van der Waals surface area contributed by atoms with E-state index in [0.717, 1.165) is 22.4 Å². The molecule has 4 nitrogen and oxygen atoms in total. The summed E-state index contributed by atoms with van der Waals surface area (Å²) in [5.41, 5.74) is 2.88. The Kier molecular flexibility index (Phi) is 3.71. The molecule has 1 heterocycles. The molecule has 4 heteroatoms. The topological polar surface area (TPSA) is 61.9 Å². The summed E-state index contributed by atoms with van der Waals surface area (Å²) < 4.78 is 5.22. The smallest absolute Gasteiger partial charge is 0.250 e. The molecular formula is C16H21NO3. The number of aliphatic hydroxyl groups is 1. The van der Waals surface area contributed by atoms with Gasteiger partial charge in [-0.25, -0.2) is 0 Å². The number of hydrogen-bond acceptors (Lipinski definition) is 3. The van der Waals surface area contributed by atoms with Crippen molar-refractivity contribution in [2.75, 3.05) is 11.9 Å². The Balaban J connectivity index is 2.33. The highest BCUT2D eigenvalue weighted by atomic mass is 16.6. The molecule has 1 saturated heterocycles. The largest absolute Gasteiger partial charge is 0.383 e. The number of ether oxygens (including phenoxy) is 1. The standard InChI is InChI=1S/C16H21NO3/c1-9(2)15(18)17-13-7-10(3)12(6-11(13)4)16(5,19)14-8-20-14/h6-7,14,19H,1,8H2,2-5H3,(H,17,18). The predicted molar refractivity (Wildman–Crippen MR) is 78.7 cm³/mol. The van der Waals surface area contributed by atoms with Crippen LogP contribution in [-0.2, 0) is 15.1 Å². The molecule has 0 saturated carbocycles. The fourth-order valence-corrected chi connectivity index (χ4v) is 2.27. The SMILES string of the molecule is C=C(C)C(=O)Nc1cc(C)c(C(C)(O)C2CO2)cc1C. The van der Waals surface area contributed by atoms with Crippen LogP contribution in [0.2, 0.25) is 0 Å². The molecule has 0 aliphatic carbocycles. The number of carbonyl (C=O) groups is 1. The van der Waals surface area contributed by atoms with Crippen molar-refractivity contribution in [1.29, 1.82) is 0 Å². The lowest BCUT2D eigenvalue weighted by molar-refractivity contribution is -0.112. The molecule has 1 amide bonds. The number of hydrogen-bond donors (Lipinski definition) is 2. The third-order valence-electron chi connectivity index (χ3n) is 3.71. The highest BCUT2D eigenvalue weighted by Gasteiger charge is 2.44. The van der Waals surface area contributed by atoms with Crippen LogP contribution in [0.15, 0.2) is 24.3 Å². The molecule has 108 valence electrons. The van der Waals surface area contributed by atoms with Crippen LogP contribution in [0.3, 0.4) is 0 Å². The van der Waals surface area contributed by atoms with Gasteiger partial charge in [-0.1, -0.05) is 12.6 Å². The lowest BCUT2D eigenvalue weighted by Crippen LogP contribution is -2.29. The van der Waals surface area contributed by atoms with Crippen molar-refractivity contribution in [3.05, 3.63) is 41.0 Å². The summed E-state index contributed by atoms with van der Waals surface area (Å²) in [5.74, 6) is -0.197. The van der Waals surface area contributed by atoms with E-state index < -0.39 is 5.60 Å². The monoisotopic (exact) mass is 275 g/mol. The van der Waals surface area contributed by atoms with Gasteiger partial charge in [0.15, 0.2) is 0 Å². The van der Waals surface area contributed by atoms with Gasteiger partial charge in [0.25, 0.3) is 5.91 Å². The molecule has 20 heavy (non-hydrogen) atoms. The minimum atomic E-state index is -0.994. The van der Waals surface area contributed by atoms with Gasteiger partial charge in [0.1, 0.15) is 11.7 Å². The van der Waals surface area contributed by atoms with Crippen molar-refractivity contribution in [3.8, 4) is 0 Å². The molecule has 1 aromatic rings. The van der Waals surface area contributed by atoms with Gasteiger partial charge >= 0.3 is 0 Å². The highest BCUT2D eigenvalue weighted by molar-refractivity contribution is 6.03. The Bertz CT molecular complexity index is 571. The van der Waals surface area contributed by atoms with E-state index in [4.69, 9.17) is 4.74 Å². The molecular weight excluding hydrogens is 254 g/mol. The number of benzene rings is 1. The summed E-state index contributed by atoms with van der Waals surface area (Å²) in [4.78, 5) is 11.7. The van der Waals surface area contributed by atoms with Gasteiger partial charge in [-0.2, -0.15) is 0 Å².